The Bertz CT molecular complexity index is 740. The number of aromatic nitrogens is 4. The Balaban J connectivity index is 0.000000256. The number of carbonyl (C=O) groups is 1. The Morgan fingerprint density at radius 3 is 2.71 bits per heavy atom. The van der Waals surface area contributed by atoms with Gasteiger partial charge in [0.05, 0.1) is 6.04 Å². The van der Waals surface area contributed by atoms with Crippen LogP contribution >= 0.6 is 0 Å². The van der Waals surface area contributed by atoms with Crippen LogP contribution in [0.25, 0.3) is 11.2 Å². The molecule has 2 aromatic heterocycles. The molecule has 0 spiro atoms. The SMILES string of the molecule is CC(C)(C)OC=O.Nc1ncnc2c1[nH]c(=O)n2C1CCCNC1. The van der Waals surface area contributed by atoms with Crippen LogP contribution in [0.3, 0.4) is 0 Å². The lowest BCUT2D eigenvalue weighted by molar-refractivity contribution is -0.138. The predicted molar refractivity (Wildman–Crippen MR) is 90.6 cm³/mol. The third kappa shape index (κ3) is 4.31. The minimum absolute atomic E-state index is 0.138. The van der Waals surface area contributed by atoms with E-state index in [9.17, 15) is 9.59 Å². The molecule has 4 N–H and O–H groups in total. The summed E-state index contributed by atoms with van der Waals surface area (Å²) in [6, 6.07) is 0.138. The van der Waals surface area contributed by atoms with Gasteiger partial charge in [-0.2, -0.15) is 0 Å². The van der Waals surface area contributed by atoms with Gasteiger partial charge in [0.25, 0.3) is 6.47 Å². The van der Waals surface area contributed by atoms with Gasteiger partial charge in [-0.15, -0.1) is 0 Å². The molecule has 1 atom stereocenters. The number of nitrogens with zero attached hydrogens (tertiary/aromatic N) is 3. The predicted octanol–water partition coefficient (Wildman–Crippen LogP) is 0.584. The van der Waals surface area contributed by atoms with Gasteiger partial charge in [-0.3, -0.25) is 9.36 Å². The number of H-pyrrole nitrogens is 1. The van der Waals surface area contributed by atoms with Crippen molar-refractivity contribution in [2.75, 3.05) is 18.8 Å². The van der Waals surface area contributed by atoms with E-state index in [1.165, 1.54) is 6.33 Å². The number of carbonyl (C=O) groups excluding carboxylic acids is 1. The maximum atomic E-state index is 11.9. The molecule has 1 unspecified atom stereocenters. The highest BCUT2D eigenvalue weighted by Crippen LogP contribution is 2.20. The van der Waals surface area contributed by atoms with Gasteiger partial charge in [-0.25, -0.2) is 14.8 Å². The lowest BCUT2D eigenvalue weighted by Crippen LogP contribution is -2.35. The van der Waals surface area contributed by atoms with Crippen LogP contribution in [0.4, 0.5) is 5.82 Å². The highest BCUT2D eigenvalue weighted by atomic mass is 16.5. The van der Waals surface area contributed by atoms with Crippen molar-refractivity contribution in [2.45, 2.75) is 45.3 Å². The Labute approximate surface area is 139 Å². The number of imidazole rings is 1. The van der Waals surface area contributed by atoms with Gasteiger partial charge in [0.15, 0.2) is 11.5 Å². The molecule has 9 nitrogen and oxygen atoms in total. The van der Waals surface area contributed by atoms with Crippen LogP contribution in [-0.2, 0) is 9.53 Å². The van der Waals surface area contributed by atoms with Gasteiger partial charge in [0, 0.05) is 6.54 Å². The van der Waals surface area contributed by atoms with E-state index in [1.807, 2.05) is 20.8 Å². The molecule has 1 fully saturated rings. The minimum Gasteiger partial charge on any atom is -0.462 e. The molecule has 0 saturated carbocycles. The highest BCUT2D eigenvalue weighted by molar-refractivity contribution is 5.81. The van der Waals surface area contributed by atoms with Gasteiger partial charge < -0.3 is 20.8 Å². The number of ether oxygens (including phenoxy) is 1. The fourth-order valence-corrected chi connectivity index (χ4v) is 2.49. The summed E-state index contributed by atoms with van der Waals surface area (Å²) in [5.41, 5.74) is 6.36. The largest absolute Gasteiger partial charge is 0.462 e. The summed E-state index contributed by atoms with van der Waals surface area (Å²) in [5.74, 6) is 0.314. The lowest BCUT2D eigenvalue weighted by Gasteiger charge is -2.23. The zero-order valence-electron chi connectivity index (χ0n) is 14.2. The van der Waals surface area contributed by atoms with Crippen molar-refractivity contribution in [3.8, 4) is 0 Å². The second-order valence-electron chi connectivity index (χ2n) is 6.58. The lowest BCUT2D eigenvalue weighted by atomic mass is 10.1. The van der Waals surface area contributed by atoms with E-state index in [0.29, 0.717) is 23.5 Å². The van der Waals surface area contributed by atoms with E-state index in [4.69, 9.17) is 5.73 Å². The number of fused-ring (bicyclic) bond motifs is 1. The summed E-state index contributed by atoms with van der Waals surface area (Å²) in [6.07, 6.45) is 3.42. The molecule has 3 heterocycles. The number of nitrogens with one attached hydrogen (secondary N) is 2. The first-order valence-electron chi connectivity index (χ1n) is 7.86. The molecule has 132 valence electrons. The van der Waals surface area contributed by atoms with Crippen molar-refractivity contribution in [1.82, 2.24) is 24.8 Å². The van der Waals surface area contributed by atoms with Gasteiger partial charge in [-0.1, -0.05) is 0 Å². The summed E-state index contributed by atoms with van der Waals surface area (Å²) >= 11 is 0. The van der Waals surface area contributed by atoms with Crippen molar-refractivity contribution in [1.29, 1.82) is 0 Å². The van der Waals surface area contributed by atoms with Crippen molar-refractivity contribution >= 4 is 23.5 Å². The van der Waals surface area contributed by atoms with Crippen molar-refractivity contribution < 1.29 is 9.53 Å². The third-order valence-corrected chi connectivity index (χ3v) is 3.57. The number of nitrogen functional groups attached to an aromatic ring is 1. The standard InChI is InChI=1S/C10H14N6O.C5H10O2/c11-8-7-9(14-5-13-8)16(10(17)15-7)6-2-1-3-12-4-6;1-5(2,3)7-4-6/h5-6,12H,1-4H2,(H,15,17)(H2,11,13,14);4H,1-3H3. The maximum Gasteiger partial charge on any atom is 0.328 e. The zero-order chi connectivity index (χ0) is 17.7. The van der Waals surface area contributed by atoms with Gasteiger partial charge in [0.2, 0.25) is 0 Å². The molecule has 2 aromatic rings. The molecule has 1 aliphatic heterocycles. The van der Waals surface area contributed by atoms with Crippen LogP contribution in [0.2, 0.25) is 0 Å². The number of hydrogen-bond acceptors (Lipinski definition) is 7. The molecule has 0 amide bonds. The van der Waals surface area contributed by atoms with E-state index < -0.39 is 0 Å². The van der Waals surface area contributed by atoms with Gasteiger partial charge in [0.1, 0.15) is 17.4 Å². The molecular formula is C15H24N6O3. The minimum atomic E-state index is -0.318. The summed E-state index contributed by atoms with van der Waals surface area (Å²) in [4.78, 5) is 32.3. The van der Waals surface area contributed by atoms with Crippen molar-refractivity contribution in [3.63, 3.8) is 0 Å². The van der Waals surface area contributed by atoms with E-state index >= 15 is 0 Å². The molecule has 24 heavy (non-hydrogen) atoms. The average molecular weight is 336 g/mol. The van der Waals surface area contributed by atoms with Gasteiger partial charge in [-0.05, 0) is 40.2 Å². The summed E-state index contributed by atoms with van der Waals surface area (Å²) in [7, 11) is 0. The molecule has 3 rings (SSSR count). The van der Waals surface area contributed by atoms with Crippen LogP contribution in [0.5, 0.6) is 0 Å². The van der Waals surface area contributed by atoms with E-state index in [1.54, 1.807) is 4.57 Å². The number of nitrogens with two attached hydrogens (primary N) is 1. The topological polar surface area (TPSA) is 128 Å². The molecule has 1 saturated heterocycles. The van der Waals surface area contributed by atoms with Crippen LogP contribution in [0.1, 0.15) is 39.7 Å². The van der Waals surface area contributed by atoms with Crippen molar-refractivity contribution in [2.24, 2.45) is 0 Å². The summed E-state index contributed by atoms with van der Waals surface area (Å²) in [5, 5.41) is 3.28. The van der Waals surface area contributed by atoms with E-state index in [0.717, 1.165) is 25.9 Å². The first-order chi connectivity index (χ1) is 11.3. The number of anilines is 1. The fourth-order valence-electron chi connectivity index (χ4n) is 2.49. The van der Waals surface area contributed by atoms with Crippen LogP contribution in [0, 0.1) is 0 Å². The molecule has 0 bridgehead atoms. The molecule has 1 aliphatic rings. The Hall–Kier alpha value is -2.42. The van der Waals surface area contributed by atoms with E-state index in [-0.39, 0.29) is 17.3 Å². The van der Waals surface area contributed by atoms with Crippen LogP contribution < -0.4 is 16.7 Å². The molecule has 0 aromatic carbocycles. The first kappa shape index (κ1) is 17.9. The number of rotatable bonds is 2. The smallest absolute Gasteiger partial charge is 0.328 e. The van der Waals surface area contributed by atoms with Crippen LogP contribution in [0.15, 0.2) is 11.1 Å². The molecule has 0 radical (unpaired) electrons. The summed E-state index contributed by atoms with van der Waals surface area (Å²) < 4.78 is 6.23. The number of hydrogen-bond donors (Lipinski definition) is 3. The molecule has 9 heteroatoms. The van der Waals surface area contributed by atoms with E-state index in [2.05, 4.69) is 25.0 Å². The first-order valence-corrected chi connectivity index (χ1v) is 7.86. The number of piperidine rings is 1. The van der Waals surface area contributed by atoms with Crippen LogP contribution in [-0.4, -0.2) is 44.7 Å². The van der Waals surface area contributed by atoms with Crippen molar-refractivity contribution in [3.05, 3.63) is 16.8 Å². The highest BCUT2D eigenvalue weighted by Gasteiger charge is 2.21. The number of aromatic amines is 1. The Morgan fingerprint density at radius 1 is 1.42 bits per heavy atom. The monoisotopic (exact) mass is 336 g/mol. The third-order valence-electron chi connectivity index (χ3n) is 3.57. The summed E-state index contributed by atoms with van der Waals surface area (Å²) in [6.45, 7) is 7.71. The Kier molecular flexibility index (Phi) is 5.55. The molecule has 0 aliphatic carbocycles. The fraction of sp³-hybridized carbons (Fsp3) is 0.600. The average Bonchev–Trinajstić information content (AvgIpc) is 2.85. The maximum absolute atomic E-state index is 11.9. The Morgan fingerprint density at radius 2 is 2.17 bits per heavy atom. The zero-order valence-corrected chi connectivity index (χ0v) is 14.2. The second kappa shape index (κ2) is 7.43. The normalized spacial score (nSPS) is 17.9. The second-order valence-corrected chi connectivity index (χ2v) is 6.58. The quantitative estimate of drug-likeness (QED) is 0.684. The van der Waals surface area contributed by atoms with Gasteiger partial charge >= 0.3 is 5.69 Å². The molecular weight excluding hydrogens is 312 g/mol.